The molecular weight excluding hydrogens is 232 g/mol. The fourth-order valence-corrected chi connectivity index (χ4v) is 1.31. The van der Waals surface area contributed by atoms with Gasteiger partial charge in [0.05, 0.1) is 20.1 Å². The highest BCUT2D eigenvalue weighted by atomic mass is 19.3. The van der Waals surface area contributed by atoms with Crippen molar-refractivity contribution in [3.8, 4) is 5.88 Å². The smallest absolute Gasteiger partial charge is 0.310 e. The lowest BCUT2D eigenvalue weighted by Crippen LogP contribution is -2.09. The molecule has 0 aromatic carbocycles. The van der Waals surface area contributed by atoms with Crippen molar-refractivity contribution in [3.05, 3.63) is 23.4 Å². The summed E-state index contributed by atoms with van der Waals surface area (Å²) in [6.45, 7) is 1.91. The summed E-state index contributed by atoms with van der Waals surface area (Å²) in [5.41, 5.74) is 0.0499. The van der Waals surface area contributed by atoms with Crippen LogP contribution in [0.5, 0.6) is 5.88 Å². The fraction of sp³-hybridized carbons (Fsp3) is 0.455. The van der Waals surface area contributed by atoms with Crippen LogP contribution >= 0.6 is 0 Å². The van der Waals surface area contributed by atoms with Crippen LogP contribution in [0.1, 0.15) is 24.5 Å². The van der Waals surface area contributed by atoms with E-state index in [1.54, 1.807) is 6.92 Å². The van der Waals surface area contributed by atoms with Gasteiger partial charge in [-0.2, -0.15) is 0 Å². The molecule has 0 saturated carbocycles. The topological polar surface area (TPSA) is 48.4 Å². The standard InChI is InChI=1S/C11H13F2NO3/c1-3-17-9(15)5-7-4-8(10(12)13)6-14-11(7)16-2/h4,6,10H,3,5H2,1-2H3. The summed E-state index contributed by atoms with van der Waals surface area (Å²) in [6.07, 6.45) is -1.74. The minimum atomic E-state index is -2.63. The van der Waals surface area contributed by atoms with Crippen LogP contribution in [-0.2, 0) is 16.0 Å². The Balaban J connectivity index is 2.93. The van der Waals surface area contributed by atoms with Gasteiger partial charge in [0.2, 0.25) is 5.88 Å². The minimum absolute atomic E-state index is 0.134. The zero-order valence-electron chi connectivity index (χ0n) is 9.57. The van der Waals surface area contributed by atoms with Gasteiger partial charge in [-0.05, 0) is 13.0 Å². The maximum atomic E-state index is 12.5. The number of ether oxygens (including phenoxy) is 2. The average molecular weight is 245 g/mol. The van der Waals surface area contributed by atoms with Gasteiger partial charge in [-0.25, -0.2) is 13.8 Å². The lowest BCUT2D eigenvalue weighted by Gasteiger charge is -2.09. The van der Waals surface area contributed by atoms with Gasteiger partial charge in [-0.15, -0.1) is 0 Å². The van der Waals surface area contributed by atoms with E-state index >= 15 is 0 Å². The number of rotatable bonds is 5. The number of hydrogen-bond acceptors (Lipinski definition) is 4. The molecule has 94 valence electrons. The molecule has 0 atom stereocenters. The molecule has 0 unspecified atom stereocenters. The van der Waals surface area contributed by atoms with Gasteiger partial charge in [0, 0.05) is 17.3 Å². The molecule has 1 aromatic heterocycles. The van der Waals surface area contributed by atoms with Crippen LogP contribution < -0.4 is 4.74 Å². The molecule has 1 aromatic rings. The van der Waals surface area contributed by atoms with Crippen molar-refractivity contribution in [1.29, 1.82) is 0 Å². The van der Waals surface area contributed by atoms with Gasteiger partial charge in [0.25, 0.3) is 6.43 Å². The van der Waals surface area contributed by atoms with Crippen molar-refractivity contribution < 1.29 is 23.0 Å². The van der Waals surface area contributed by atoms with Crippen molar-refractivity contribution in [2.45, 2.75) is 19.8 Å². The lowest BCUT2D eigenvalue weighted by atomic mass is 10.1. The number of carbonyl (C=O) groups excluding carboxylic acids is 1. The first-order valence-corrected chi connectivity index (χ1v) is 5.05. The third-order valence-corrected chi connectivity index (χ3v) is 2.03. The number of nitrogens with zero attached hydrogens (tertiary/aromatic N) is 1. The van der Waals surface area contributed by atoms with E-state index in [4.69, 9.17) is 9.47 Å². The number of methoxy groups -OCH3 is 1. The van der Waals surface area contributed by atoms with Crippen molar-refractivity contribution in [2.24, 2.45) is 0 Å². The molecule has 1 rings (SSSR count). The van der Waals surface area contributed by atoms with Crippen molar-refractivity contribution >= 4 is 5.97 Å². The molecule has 0 aliphatic heterocycles. The molecule has 0 saturated heterocycles. The highest BCUT2D eigenvalue weighted by Gasteiger charge is 2.15. The van der Waals surface area contributed by atoms with E-state index in [9.17, 15) is 13.6 Å². The van der Waals surface area contributed by atoms with Gasteiger partial charge in [0.1, 0.15) is 0 Å². The highest BCUT2D eigenvalue weighted by molar-refractivity contribution is 5.73. The number of hydrogen-bond donors (Lipinski definition) is 0. The van der Waals surface area contributed by atoms with E-state index in [1.165, 1.54) is 13.2 Å². The monoisotopic (exact) mass is 245 g/mol. The molecule has 0 bridgehead atoms. The third-order valence-electron chi connectivity index (χ3n) is 2.03. The maximum absolute atomic E-state index is 12.5. The molecule has 0 aliphatic carbocycles. The van der Waals surface area contributed by atoms with Gasteiger partial charge in [0.15, 0.2) is 0 Å². The molecule has 0 aliphatic rings. The van der Waals surface area contributed by atoms with E-state index < -0.39 is 12.4 Å². The van der Waals surface area contributed by atoms with Gasteiger partial charge in [-0.3, -0.25) is 4.79 Å². The van der Waals surface area contributed by atoms with Crippen LogP contribution in [0.15, 0.2) is 12.3 Å². The van der Waals surface area contributed by atoms with Gasteiger partial charge < -0.3 is 9.47 Å². The summed E-state index contributed by atoms with van der Waals surface area (Å²) in [5, 5.41) is 0. The average Bonchev–Trinajstić information content (AvgIpc) is 2.29. The second-order valence-electron chi connectivity index (χ2n) is 3.22. The van der Waals surface area contributed by atoms with E-state index in [0.717, 1.165) is 6.20 Å². The third kappa shape index (κ3) is 3.65. The van der Waals surface area contributed by atoms with E-state index in [-0.39, 0.29) is 24.5 Å². The Morgan fingerprint density at radius 2 is 2.24 bits per heavy atom. The van der Waals surface area contributed by atoms with Crippen LogP contribution in [0.25, 0.3) is 0 Å². The maximum Gasteiger partial charge on any atom is 0.310 e. The van der Waals surface area contributed by atoms with E-state index in [2.05, 4.69) is 4.98 Å². The Morgan fingerprint density at radius 1 is 1.53 bits per heavy atom. The summed E-state index contributed by atoms with van der Waals surface area (Å²) < 4.78 is 34.6. The number of alkyl halides is 2. The van der Waals surface area contributed by atoms with Crippen LogP contribution in [0.2, 0.25) is 0 Å². The minimum Gasteiger partial charge on any atom is -0.481 e. The molecular formula is C11H13F2NO3. The van der Waals surface area contributed by atoms with Crippen LogP contribution in [0.4, 0.5) is 8.78 Å². The quantitative estimate of drug-likeness (QED) is 0.745. The molecule has 4 nitrogen and oxygen atoms in total. The summed E-state index contributed by atoms with van der Waals surface area (Å²) in [4.78, 5) is 15.0. The molecule has 0 radical (unpaired) electrons. The Morgan fingerprint density at radius 3 is 2.76 bits per heavy atom. The van der Waals surface area contributed by atoms with Crippen molar-refractivity contribution in [2.75, 3.05) is 13.7 Å². The summed E-state index contributed by atoms with van der Waals surface area (Å²) >= 11 is 0. The molecule has 17 heavy (non-hydrogen) atoms. The lowest BCUT2D eigenvalue weighted by molar-refractivity contribution is -0.142. The van der Waals surface area contributed by atoms with E-state index in [0.29, 0.717) is 5.56 Å². The molecule has 0 N–H and O–H groups in total. The Labute approximate surface area is 97.6 Å². The highest BCUT2D eigenvalue weighted by Crippen LogP contribution is 2.24. The first-order valence-electron chi connectivity index (χ1n) is 5.05. The largest absolute Gasteiger partial charge is 0.481 e. The second kappa shape index (κ2) is 6.12. The number of halogens is 2. The molecule has 0 fully saturated rings. The predicted octanol–water partition coefficient (Wildman–Crippen LogP) is 2.13. The predicted molar refractivity (Wildman–Crippen MR) is 56.1 cm³/mol. The normalized spacial score (nSPS) is 10.4. The number of pyridine rings is 1. The van der Waals surface area contributed by atoms with Gasteiger partial charge >= 0.3 is 5.97 Å². The summed E-state index contributed by atoms with van der Waals surface area (Å²) in [7, 11) is 1.36. The number of aromatic nitrogens is 1. The SMILES string of the molecule is CCOC(=O)Cc1cc(C(F)F)cnc1OC. The Hall–Kier alpha value is -1.72. The molecule has 1 heterocycles. The van der Waals surface area contributed by atoms with E-state index in [1.807, 2.05) is 0 Å². The summed E-state index contributed by atoms with van der Waals surface area (Å²) in [6, 6.07) is 1.20. The Bertz CT molecular complexity index is 396. The zero-order chi connectivity index (χ0) is 12.8. The fourth-order valence-electron chi connectivity index (χ4n) is 1.31. The summed E-state index contributed by atoms with van der Waals surface area (Å²) in [5.74, 6) is -0.346. The van der Waals surface area contributed by atoms with Crippen molar-refractivity contribution in [1.82, 2.24) is 4.98 Å². The number of esters is 1. The van der Waals surface area contributed by atoms with Gasteiger partial charge in [-0.1, -0.05) is 0 Å². The zero-order valence-corrected chi connectivity index (χ0v) is 9.57. The van der Waals surface area contributed by atoms with Crippen LogP contribution in [0.3, 0.4) is 0 Å². The van der Waals surface area contributed by atoms with Crippen molar-refractivity contribution in [3.63, 3.8) is 0 Å². The molecule has 6 heteroatoms. The number of carbonyl (C=O) groups is 1. The van der Waals surface area contributed by atoms with Crippen LogP contribution in [-0.4, -0.2) is 24.7 Å². The van der Waals surface area contributed by atoms with Crippen LogP contribution in [0, 0.1) is 0 Å². The first kappa shape index (κ1) is 13.3. The molecule has 0 amide bonds. The molecule has 0 spiro atoms. The first-order chi connectivity index (χ1) is 8.08. The Kier molecular flexibility index (Phi) is 4.81. The second-order valence-corrected chi connectivity index (χ2v) is 3.22.